The van der Waals surface area contributed by atoms with Gasteiger partial charge in [0, 0.05) is 0 Å². The second-order valence-electron chi connectivity index (χ2n) is 10.00. The highest BCUT2D eigenvalue weighted by molar-refractivity contribution is 5.89. The Morgan fingerprint density at radius 1 is 0.667 bits per heavy atom. The van der Waals surface area contributed by atoms with E-state index in [-0.39, 0.29) is 31.6 Å². The maximum atomic E-state index is 15.1. The summed E-state index contributed by atoms with van der Waals surface area (Å²) < 4.78 is 82.8. The Hall–Kier alpha value is -3.58. The number of benzene rings is 4. The number of fused-ring (bicyclic) bond motifs is 1. The summed E-state index contributed by atoms with van der Waals surface area (Å²) in [5.74, 6) is -2.34. The lowest BCUT2D eigenvalue weighted by Gasteiger charge is -2.33. The summed E-state index contributed by atoms with van der Waals surface area (Å²) in [5.41, 5.74) is 5.04. The molecule has 5 rings (SSSR count). The quantitative estimate of drug-likeness (QED) is 0.221. The molecule has 1 aliphatic rings. The molecule has 4 aromatic rings. The molecular weight excluding hydrogens is 514 g/mol. The fourth-order valence-corrected chi connectivity index (χ4v) is 5.44. The number of alkyl halides is 5. The molecule has 39 heavy (non-hydrogen) atoms. The molecule has 0 saturated heterocycles. The average molecular weight is 541 g/mol. The van der Waals surface area contributed by atoms with Crippen LogP contribution in [0.3, 0.4) is 0 Å². The van der Waals surface area contributed by atoms with Gasteiger partial charge in [-0.1, -0.05) is 73.3 Å². The van der Waals surface area contributed by atoms with Crippen LogP contribution in [-0.4, -0.2) is 12.5 Å². The van der Waals surface area contributed by atoms with Crippen LogP contribution in [0.15, 0.2) is 85.4 Å². The van der Waals surface area contributed by atoms with Crippen LogP contribution in [0.5, 0.6) is 0 Å². The van der Waals surface area contributed by atoms with Crippen molar-refractivity contribution < 1.29 is 31.1 Å². The Labute approximate surface area is 222 Å². The Kier molecular flexibility index (Phi) is 7.29. The van der Waals surface area contributed by atoms with E-state index in [1.807, 2.05) is 36.4 Å². The highest BCUT2D eigenvalue weighted by Crippen LogP contribution is 2.45. The van der Waals surface area contributed by atoms with E-state index >= 15 is 4.39 Å². The van der Waals surface area contributed by atoms with Crippen molar-refractivity contribution in [2.45, 2.75) is 44.1 Å². The minimum absolute atomic E-state index is 0.160. The molecule has 1 aliphatic carbocycles. The molecule has 202 valence electrons. The monoisotopic (exact) mass is 540 g/mol. The smallest absolute Gasteiger partial charge is 0.225 e. The number of rotatable bonds is 6. The maximum absolute atomic E-state index is 15.1. The molecule has 0 amide bonds. The topological polar surface area (TPSA) is 9.23 Å². The van der Waals surface area contributed by atoms with Gasteiger partial charge in [0.05, 0.1) is 5.92 Å². The molecule has 0 spiro atoms. The summed E-state index contributed by atoms with van der Waals surface area (Å²) in [7, 11) is 0. The Balaban J connectivity index is 1.27. The maximum Gasteiger partial charge on any atom is 0.527 e. The van der Waals surface area contributed by atoms with Crippen molar-refractivity contribution >= 4 is 16.8 Å². The first-order valence-electron chi connectivity index (χ1n) is 12.7. The van der Waals surface area contributed by atoms with Gasteiger partial charge in [-0.05, 0) is 94.0 Å². The first-order chi connectivity index (χ1) is 18.5. The number of hydrogen-bond donors (Lipinski definition) is 0. The van der Waals surface area contributed by atoms with E-state index < -0.39 is 24.2 Å². The van der Waals surface area contributed by atoms with Gasteiger partial charge in [-0.2, -0.15) is 8.78 Å². The third-order valence-electron chi connectivity index (χ3n) is 7.55. The van der Waals surface area contributed by atoms with Crippen LogP contribution in [0.2, 0.25) is 0 Å². The van der Waals surface area contributed by atoms with Crippen molar-refractivity contribution in [3.8, 4) is 22.3 Å². The lowest BCUT2D eigenvalue weighted by Crippen LogP contribution is -2.38. The van der Waals surface area contributed by atoms with Crippen molar-refractivity contribution in [2.75, 3.05) is 0 Å². The van der Waals surface area contributed by atoms with E-state index in [1.165, 1.54) is 6.07 Å². The third kappa shape index (κ3) is 6.04. The molecule has 4 aromatic carbocycles. The molecule has 0 heterocycles. The predicted molar refractivity (Wildman–Crippen MR) is 142 cm³/mol. The molecule has 0 N–H and O–H groups in total. The fraction of sp³-hybridized carbons (Fsp3) is 0.250. The van der Waals surface area contributed by atoms with E-state index in [4.69, 9.17) is 0 Å². The zero-order valence-electron chi connectivity index (χ0n) is 20.9. The number of ether oxygens (including phenoxy) is 1. The van der Waals surface area contributed by atoms with E-state index in [2.05, 4.69) is 41.6 Å². The molecular formula is C32H26F6O. The zero-order valence-corrected chi connectivity index (χ0v) is 20.9. The van der Waals surface area contributed by atoms with Crippen LogP contribution in [0.4, 0.5) is 26.3 Å². The molecule has 0 bridgehead atoms. The van der Waals surface area contributed by atoms with Crippen molar-refractivity contribution in [1.82, 2.24) is 0 Å². The van der Waals surface area contributed by atoms with Crippen LogP contribution < -0.4 is 0 Å². The predicted octanol–water partition coefficient (Wildman–Crippen LogP) is 10.4. The largest absolute Gasteiger partial charge is 0.527 e. The molecule has 0 radical (unpaired) electrons. The van der Waals surface area contributed by atoms with Crippen molar-refractivity contribution in [1.29, 1.82) is 0 Å². The molecule has 0 aliphatic heterocycles. The van der Waals surface area contributed by atoms with Crippen molar-refractivity contribution in [3.63, 3.8) is 0 Å². The van der Waals surface area contributed by atoms with E-state index in [9.17, 15) is 22.0 Å². The lowest BCUT2D eigenvalue weighted by molar-refractivity contribution is -0.438. The number of halogens is 6. The van der Waals surface area contributed by atoms with Gasteiger partial charge < -0.3 is 0 Å². The van der Waals surface area contributed by atoms with Gasteiger partial charge in [0.2, 0.25) is 0 Å². The summed E-state index contributed by atoms with van der Waals surface area (Å²) in [5, 5.41) is 2.24. The lowest BCUT2D eigenvalue weighted by atomic mass is 9.78. The van der Waals surface area contributed by atoms with Crippen LogP contribution in [0, 0.1) is 11.7 Å². The van der Waals surface area contributed by atoms with Gasteiger partial charge in [0.1, 0.15) is 5.82 Å². The molecule has 7 heteroatoms. The molecule has 1 fully saturated rings. The van der Waals surface area contributed by atoms with E-state index in [0.29, 0.717) is 11.1 Å². The standard InChI is InChI=1S/C32H26F6O/c1-2-20-3-4-26-18-25(10-9-24(26)17-20)21-5-7-22(8-6-21)27-13-16-29(30(33)19-27)23-11-14-28(15-12-23)31(34,35)39-32(36,37)38/h2-10,13,16-19,23,28H,1,11-12,14-15H2. The van der Waals surface area contributed by atoms with Gasteiger partial charge in [0.25, 0.3) is 0 Å². The van der Waals surface area contributed by atoms with Crippen molar-refractivity contribution in [2.24, 2.45) is 5.92 Å². The zero-order chi connectivity index (χ0) is 27.8. The van der Waals surface area contributed by atoms with Crippen LogP contribution in [0.1, 0.15) is 42.7 Å². The summed E-state index contributed by atoms with van der Waals surface area (Å²) in [6.45, 7) is 3.81. The summed E-state index contributed by atoms with van der Waals surface area (Å²) >= 11 is 0. The van der Waals surface area contributed by atoms with Gasteiger partial charge in [-0.25, -0.2) is 9.13 Å². The first kappa shape index (κ1) is 27.0. The fourth-order valence-electron chi connectivity index (χ4n) is 5.44. The number of hydrogen-bond acceptors (Lipinski definition) is 1. The van der Waals surface area contributed by atoms with Gasteiger partial charge >= 0.3 is 12.5 Å². The molecule has 0 aromatic heterocycles. The Morgan fingerprint density at radius 2 is 1.21 bits per heavy atom. The van der Waals surface area contributed by atoms with Crippen LogP contribution in [0.25, 0.3) is 39.1 Å². The van der Waals surface area contributed by atoms with Crippen molar-refractivity contribution in [3.05, 3.63) is 102 Å². The second kappa shape index (κ2) is 10.5. The third-order valence-corrected chi connectivity index (χ3v) is 7.55. The first-order valence-corrected chi connectivity index (χ1v) is 12.7. The normalized spacial score (nSPS) is 18.3. The molecule has 1 nitrogen and oxygen atoms in total. The Bertz CT molecular complexity index is 1480. The summed E-state index contributed by atoms with van der Waals surface area (Å²) in [6.07, 6.45) is -7.93. The van der Waals surface area contributed by atoms with Gasteiger partial charge in [-0.15, -0.1) is 13.2 Å². The summed E-state index contributed by atoms with van der Waals surface area (Å²) in [4.78, 5) is 0. The average Bonchev–Trinajstić information content (AvgIpc) is 2.91. The molecule has 0 atom stereocenters. The van der Waals surface area contributed by atoms with Gasteiger partial charge in [0.15, 0.2) is 0 Å². The molecule has 0 unspecified atom stereocenters. The SMILES string of the molecule is C=Cc1ccc2cc(-c3ccc(-c4ccc(C5CCC(C(F)(F)OC(F)(F)F)CC5)c(F)c4)cc3)ccc2c1. The molecule has 1 saturated carbocycles. The highest BCUT2D eigenvalue weighted by Gasteiger charge is 2.51. The summed E-state index contributed by atoms with van der Waals surface area (Å²) in [6, 6.07) is 25.0. The Morgan fingerprint density at radius 3 is 1.79 bits per heavy atom. The second-order valence-corrected chi connectivity index (χ2v) is 10.00. The van der Waals surface area contributed by atoms with E-state index in [0.717, 1.165) is 33.0 Å². The highest BCUT2D eigenvalue weighted by atomic mass is 19.4. The minimum Gasteiger partial charge on any atom is -0.225 e. The minimum atomic E-state index is -5.41. The van der Waals surface area contributed by atoms with Crippen LogP contribution in [-0.2, 0) is 4.74 Å². The van der Waals surface area contributed by atoms with Gasteiger partial charge in [-0.3, -0.25) is 0 Å². The van der Waals surface area contributed by atoms with E-state index in [1.54, 1.807) is 12.1 Å². The van der Waals surface area contributed by atoms with Crippen LogP contribution >= 0.6 is 0 Å².